The topological polar surface area (TPSA) is 129 Å². The Balaban J connectivity index is 0.000000185. The Morgan fingerprint density at radius 1 is 0.717 bits per heavy atom. The molecule has 13 nitrogen and oxygen atoms in total. The van der Waals surface area contributed by atoms with Crippen molar-refractivity contribution < 1.29 is 23.9 Å². The average molecular weight is 902 g/mol. The molecule has 2 unspecified atom stereocenters. The summed E-state index contributed by atoms with van der Waals surface area (Å²) in [7, 11) is 0. The summed E-state index contributed by atoms with van der Waals surface area (Å²) < 4.78 is 13.9. The lowest BCUT2D eigenvalue weighted by molar-refractivity contribution is -0.135. The van der Waals surface area contributed by atoms with Crippen LogP contribution in [0.3, 0.4) is 0 Å². The van der Waals surface area contributed by atoms with E-state index in [9.17, 15) is 14.4 Å². The highest BCUT2D eigenvalue weighted by molar-refractivity contribution is 7.16. The Kier molecular flexibility index (Phi) is 15.6. The van der Waals surface area contributed by atoms with Crippen LogP contribution in [-0.4, -0.2) is 136 Å². The van der Waals surface area contributed by atoms with Gasteiger partial charge in [0.15, 0.2) is 0 Å². The molecule has 4 fully saturated rings. The first-order valence-electron chi connectivity index (χ1n) is 21.3. The number of aryl methyl sites for hydroxylation is 4. The standard InChI is InChI=1S/C24H33ClN4O3S.C19H25ClN4O2S/c1-24(2,3)23(31)29-17(6-7-18-8-9-21(25)33-18)15-19(26-29)20-5-4-10-28(20)22(30)16-27-11-13-32-14-12-27;20-18-6-5-15(27-18)4-3-14-12-16(22-21-14)17-2-1-7-24(17)19(25)13-23-8-10-26-11-9-23/h8-9,15,20H,4-7,10-14,16H2,1-3H3;5-6,12,17H,1-4,7-11,13H2,(H,21,22). The highest BCUT2D eigenvalue weighted by Crippen LogP contribution is 2.34. The molecule has 8 heterocycles. The SMILES string of the molecule is CC(C)(C)C(=O)n1nc(C2CCCN2C(=O)CN2CCOCC2)cc1CCc1ccc(Cl)s1.O=C(CN1CCOCC1)N1CCCC1c1cc(CCc2ccc(Cl)s2)[nH]n1. The number of nitrogens with zero attached hydrogens (tertiary/aromatic N) is 7. The van der Waals surface area contributed by atoms with Crippen LogP contribution in [0.2, 0.25) is 8.67 Å². The van der Waals surface area contributed by atoms with Crippen LogP contribution < -0.4 is 0 Å². The molecule has 8 rings (SSSR count). The van der Waals surface area contributed by atoms with E-state index in [-0.39, 0.29) is 29.8 Å². The van der Waals surface area contributed by atoms with Crippen LogP contribution in [0, 0.1) is 5.41 Å². The van der Waals surface area contributed by atoms with Gasteiger partial charge in [-0.15, -0.1) is 22.7 Å². The molecule has 60 heavy (non-hydrogen) atoms. The van der Waals surface area contributed by atoms with E-state index in [1.807, 2.05) is 54.8 Å². The van der Waals surface area contributed by atoms with E-state index < -0.39 is 5.41 Å². The molecule has 4 aliphatic heterocycles. The van der Waals surface area contributed by atoms with Crippen LogP contribution in [0.4, 0.5) is 0 Å². The predicted molar refractivity (Wildman–Crippen MR) is 236 cm³/mol. The lowest BCUT2D eigenvalue weighted by Crippen LogP contribution is -2.44. The Bertz CT molecular complexity index is 2050. The molecule has 0 aliphatic carbocycles. The highest BCUT2D eigenvalue weighted by atomic mass is 35.5. The third kappa shape index (κ3) is 11.9. The van der Waals surface area contributed by atoms with E-state index in [2.05, 4.69) is 32.1 Å². The normalized spacial score (nSPS) is 20.4. The van der Waals surface area contributed by atoms with Gasteiger partial charge in [0.1, 0.15) is 0 Å². The number of hydrogen-bond acceptors (Lipinski definition) is 11. The summed E-state index contributed by atoms with van der Waals surface area (Å²) in [6.45, 7) is 14.2. The van der Waals surface area contributed by atoms with Gasteiger partial charge in [-0.1, -0.05) is 44.0 Å². The molecule has 0 aromatic carbocycles. The molecular weight excluding hydrogens is 844 g/mol. The summed E-state index contributed by atoms with van der Waals surface area (Å²) in [4.78, 5) is 49.9. The maximum Gasteiger partial charge on any atom is 0.252 e. The van der Waals surface area contributed by atoms with Crippen molar-refractivity contribution in [3.8, 4) is 0 Å². The van der Waals surface area contributed by atoms with Crippen molar-refractivity contribution in [3.63, 3.8) is 0 Å². The van der Waals surface area contributed by atoms with Gasteiger partial charge in [-0.2, -0.15) is 10.2 Å². The largest absolute Gasteiger partial charge is 0.379 e. The smallest absolute Gasteiger partial charge is 0.252 e. The summed E-state index contributed by atoms with van der Waals surface area (Å²) in [5.74, 6) is 0.306. The molecule has 4 aliphatic rings. The number of hydrogen-bond donors (Lipinski definition) is 1. The zero-order valence-corrected chi connectivity index (χ0v) is 38.1. The fourth-order valence-electron chi connectivity index (χ4n) is 8.26. The molecule has 1 N–H and O–H groups in total. The minimum Gasteiger partial charge on any atom is -0.379 e. The number of amides is 2. The lowest BCUT2D eigenvalue weighted by atomic mass is 9.95. The van der Waals surface area contributed by atoms with Crippen molar-refractivity contribution in [2.75, 3.05) is 78.8 Å². The third-order valence-electron chi connectivity index (χ3n) is 11.6. The number of likely N-dealkylation sites (tertiary alicyclic amines) is 2. The average Bonchev–Trinajstić information content (AvgIpc) is 4.09. The lowest BCUT2D eigenvalue weighted by Gasteiger charge is -2.30. The van der Waals surface area contributed by atoms with Crippen molar-refractivity contribution in [3.05, 3.63) is 77.6 Å². The van der Waals surface area contributed by atoms with Crippen molar-refractivity contribution in [2.45, 2.75) is 84.2 Å². The molecule has 4 aromatic heterocycles. The minimum absolute atomic E-state index is 0.0304. The van der Waals surface area contributed by atoms with Gasteiger partial charge >= 0.3 is 0 Å². The van der Waals surface area contributed by atoms with E-state index in [0.717, 1.165) is 129 Å². The number of aromatic nitrogens is 4. The number of morpholine rings is 2. The van der Waals surface area contributed by atoms with Crippen LogP contribution in [-0.2, 0) is 44.7 Å². The number of carbonyl (C=O) groups excluding carboxylic acids is 3. The molecule has 4 aromatic rings. The third-order valence-corrected chi connectivity index (χ3v) is 14.1. The van der Waals surface area contributed by atoms with Gasteiger partial charge in [0.2, 0.25) is 11.8 Å². The second kappa shape index (κ2) is 20.8. The van der Waals surface area contributed by atoms with Crippen molar-refractivity contribution in [2.24, 2.45) is 5.41 Å². The second-order valence-electron chi connectivity index (χ2n) is 17.0. The van der Waals surface area contributed by atoms with Gasteiger partial charge in [0, 0.05) is 65.8 Å². The summed E-state index contributed by atoms with van der Waals surface area (Å²) in [5, 5.41) is 12.4. The van der Waals surface area contributed by atoms with Gasteiger partial charge in [-0.3, -0.25) is 29.3 Å². The monoisotopic (exact) mass is 900 g/mol. The van der Waals surface area contributed by atoms with Gasteiger partial charge in [-0.05, 0) is 87.8 Å². The molecule has 2 atom stereocenters. The second-order valence-corrected chi connectivity index (χ2v) is 20.6. The fourth-order valence-corrected chi connectivity index (χ4v) is 10.4. The molecule has 0 radical (unpaired) electrons. The van der Waals surface area contributed by atoms with E-state index in [1.165, 1.54) is 9.75 Å². The summed E-state index contributed by atoms with van der Waals surface area (Å²) in [5.41, 5.74) is 3.26. The van der Waals surface area contributed by atoms with E-state index >= 15 is 0 Å². The summed E-state index contributed by atoms with van der Waals surface area (Å²) in [6, 6.07) is 12.1. The Morgan fingerprint density at radius 3 is 1.73 bits per heavy atom. The maximum atomic E-state index is 13.2. The fraction of sp³-hybridized carbons (Fsp3) is 0.605. The Hall–Kier alpha value is -3.15. The molecule has 0 saturated carbocycles. The van der Waals surface area contributed by atoms with Crippen LogP contribution in [0.15, 0.2) is 36.4 Å². The summed E-state index contributed by atoms with van der Waals surface area (Å²) >= 11 is 15.3. The number of thiophene rings is 2. The zero-order valence-electron chi connectivity index (χ0n) is 35.0. The first-order chi connectivity index (χ1) is 28.9. The van der Waals surface area contributed by atoms with E-state index in [0.29, 0.717) is 32.7 Å². The molecule has 4 saturated heterocycles. The highest BCUT2D eigenvalue weighted by Gasteiger charge is 2.35. The van der Waals surface area contributed by atoms with Gasteiger partial charge in [0.05, 0.1) is 71.7 Å². The number of carbonyl (C=O) groups is 3. The molecule has 17 heteroatoms. The number of rotatable bonds is 12. The Labute approximate surface area is 371 Å². The van der Waals surface area contributed by atoms with Gasteiger partial charge in [-0.25, -0.2) is 4.68 Å². The quantitative estimate of drug-likeness (QED) is 0.160. The van der Waals surface area contributed by atoms with E-state index in [1.54, 1.807) is 27.4 Å². The molecule has 0 bridgehead atoms. The minimum atomic E-state index is -0.550. The van der Waals surface area contributed by atoms with Gasteiger partial charge in [0.25, 0.3) is 5.91 Å². The number of nitrogens with one attached hydrogen (secondary N) is 1. The number of halogens is 2. The number of H-pyrrole nitrogens is 1. The van der Waals surface area contributed by atoms with Crippen molar-refractivity contribution in [1.82, 2.24) is 39.6 Å². The Morgan fingerprint density at radius 2 is 1.23 bits per heavy atom. The maximum absolute atomic E-state index is 13.2. The predicted octanol–water partition coefficient (Wildman–Crippen LogP) is 6.97. The first kappa shape index (κ1) is 44.9. The van der Waals surface area contributed by atoms with Crippen LogP contribution >= 0.6 is 45.9 Å². The molecule has 326 valence electrons. The number of aromatic amines is 1. The van der Waals surface area contributed by atoms with Crippen LogP contribution in [0.25, 0.3) is 0 Å². The number of ether oxygens (including phenoxy) is 2. The molecule has 0 spiro atoms. The van der Waals surface area contributed by atoms with Crippen molar-refractivity contribution in [1.29, 1.82) is 0 Å². The summed E-state index contributed by atoms with van der Waals surface area (Å²) in [6.07, 6.45) is 7.18. The van der Waals surface area contributed by atoms with Crippen LogP contribution in [0.5, 0.6) is 0 Å². The van der Waals surface area contributed by atoms with Crippen LogP contribution in [0.1, 0.15) is 95.9 Å². The molecule has 2 amide bonds. The molecular formula is C43H58Cl2N8O5S2. The first-order valence-corrected chi connectivity index (χ1v) is 23.7. The van der Waals surface area contributed by atoms with Gasteiger partial charge < -0.3 is 19.3 Å². The van der Waals surface area contributed by atoms with Crippen molar-refractivity contribution >= 4 is 63.6 Å². The van der Waals surface area contributed by atoms with E-state index in [4.69, 9.17) is 37.8 Å². The zero-order chi connectivity index (χ0) is 42.2.